The quantitative estimate of drug-likeness (QED) is 0.403. The Labute approximate surface area is 185 Å². The number of alkyl halides is 1. The van der Waals surface area contributed by atoms with Crippen LogP contribution < -0.4 is 9.64 Å². The number of halogens is 1. The lowest BCUT2D eigenvalue weighted by Crippen LogP contribution is -2.36. The van der Waals surface area contributed by atoms with Crippen LogP contribution in [0, 0.1) is 0 Å². The molecule has 156 valence electrons. The molecule has 0 unspecified atom stereocenters. The molecular weight excluding hydrogens is 442 g/mol. The van der Waals surface area contributed by atoms with E-state index in [1.807, 2.05) is 69.3 Å². The summed E-state index contributed by atoms with van der Waals surface area (Å²) in [5, 5.41) is 2.95. The van der Waals surface area contributed by atoms with Gasteiger partial charge in [-0.25, -0.2) is 4.79 Å². The second kappa shape index (κ2) is 8.31. The summed E-state index contributed by atoms with van der Waals surface area (Å²) in [6.07, 6.45) is -0.323. The lowest BCUT2D eigenvalue weighted by molar-refractivity contribution is 0.0582. The number of rotatable bonds is 4. The predicted molar refractivity (Wildman–Crippen MR) is 125 cm³/mol. The third-order valence-corrected chi connectivity index (χ3v) is 5.95. The Bertz CT molecular complexity index is 1060. The van der Waals surface area contributed by atoms with Crippen molar-refractivity contribution in [2.45, 2.75) is 38.9 Å². The molecule has 0 fully saturated rings. The summed E-state index contributed by atoms with van der Waals surface area (Å²) in [4.78, 5) is 14.7. The van der Waals surface area contributed by atoms with Crippen LogP contribution in [0.25, 0.3) is 10.8 Å². The fourth-order valence-electron chi connectivity index (χ4n) is 3.88. The van der Waals surface area contributed by atoms with Gasteiger partial charge in [0.05, 0.1) is 5.69 Å². The largest absolute Gasteiger partial charge is 0.488 e. The first-order valence-corrected chi connectivity index (χ1v) is 11.3. The number of fused-ring (bicyclic) bond motifs is 3. The Morgan fingerprint density at radius 3 is 2.40 bits per heavy atom. The monoisotopic (exact) mass is 467 g/mol. The molecule has 1 amide bonds. The van der Waals surface area contributed by atoms with E-state index in [1.54, 1.807) is 4.90 Å². The van der Waals surface area contributed by atoms with E-state index in [2.05, 4.69) is 28.1 Å². The lowest BCUT2D eigenvalue weighted by Gasteiger charge is -2.25. The number of hydrogen-bond acceptors (Lipinski definition) is 3. The van der Waals surface area contributed by atoms with Gasteiger partial charge in [-0.15, -0.1) is 0 Å². The van der Waals surface area contributed by atoms with Gasteiger partial charge in [0.25, 0.3) is 0 Å². The summed E-state index contributed by atoms with van der Waals surface area (Å²) in [5.41, 5.74) is 2.59. The molecule has 0 aromatic heterocycles. The van der Waals surface area contributed by atoms with E-state index >= 15 is 0 Å². The highest BCUT2D eigenvalue weighted by atomic mass is 79.9. The number of carbonyl (C=O) groups is 1. The van der Waals surface area contributed by atoms with E-state index in [9.17, 15) is 4.79 Å². The van der Waals surface area contributed by atoms with Crippen molar-refractivity contribution in [3.05, 3.63) is 71.8 Å². The molecule has 5 heteroatoms. The maximum absolute atomic E-state index is 13.0. The van der Waals surface area contributed by atoms with Gasteiger partial charge in [-0.1, -0.05) is 70.5 Å². The van der Waals surface area contributed by atoms with Crippen molar-refractivity contribution in [2.75, 3.05) is 16.8 Å². The number of hydrogen-bond donors (Lipinski definition) is 0. The summed E-state index contributed by atoms with van der Waals surface area (Å²) in [6.45, 7) is 6.72. The molecule has 0 saturated heterocycles. The lowest BCUT2D eigenvalue weighted by atomic mass is 9.95. The number of amides is 1. The standard InChI is InChI=1S/C25H26BrNO3/c1-25(2,3)30-24(28)27-15-18(14-26)23-20-12-8-7-11-19(20)22(13-21(23)27)29-16-17-9-5-4-6-10-17/h4-13,18H,14-16H2,1-3H3/t18-/m1/s1. The van der Waals surface area contributed by atoms with E-state index in [4.69, 9.17) is 9.47 Å². The minimum absolute atomic E-state index is 0.195. The van der Waals surface area contributed by atoms with Crippen LogP contribution in [0.5, 0.6) is 5.75 Å². The molecule has 3 aromatic rings. The molecule has 1 atom stereocenters. The first kappa shape index (κ1) is 20.7. The minimum atomic E-state index is -0.548. The van der Waals surface area contributed by atoms with Gasteiger partial charge in [0.2, 0.25) is 0 Å². The van der Waals surface area contributed by atoms with Crippen molar-refractivity contribution in [1.82, 2.24) is 0 Å². The van der Waals surface area contributed by atoms with Gasteiger partial charge in [-0.05, 0) is 37.3 Å². The summed E-state index contributed by atoms with van der Waals surface area (Å²) in [7, 11) is 0. The zero-order valence-electron chi connectivity index (χ0n) is 17.5. The SMILES string of the molecule is CC(C)(C)OC(=O)N1C[C@@H](CBr)c2c1cc(OCc1ccccc1)c1ccccc21. The number of ether oxygens (including phenoxy) is 2. The maximum atomic E-state index is 13.0. The molecule has 4 nitrogen and oxygen atoms in total. The Morgan fingerprint density at radius 1 is 1.07 bits per heavy atom. The van der Waals surface area contributed by atoms with Crippen molar-refractivity contribution >= 4 is 38.5 Å². The van der Waals surface area contributed by atoms with Gasteiger partial charge in [0.15, 0.2) is 0 Å². The van der Waals surface area contributed by atoms with Crippen molar-refractivity contribution < 1.29 is 14.3 Å². The van der Waals surface area contributed by atoms with Crippen LogP contribution in [0.3, 0.4) is 0 Å². The third-order valence-electron chi connectivity index (χ3n) is 5.17. The third kappa shape index (κ3) is 4.17. The molecule has 0 N–H and O–H groups in total. The molecule has 1 aliphatic heterocycles. The van der Waals surface area contributed by atoms with Gasteiger partial charge in [-0.2, -0.15) is 0 Å². The topological polar surface area (TPSA) is 38.8 Å². The molecule has 1 heterocycles. The second-order valence-electron chi connectivity index (χ2n) is 8.57. The Hall–Kier alpha value is -2.53. The summed E-state index contributed by atoms with van der Waals surface area (Å²) in [5.74, 6) is 0.970. The van der Waals surface area contributed by atoms with E-state index in [0.717, 1.165) is 33.1 Å². The van der Waals surface area contributed by atoms with Crippen molar-refractivity contribution in [3.8, 4) is 5.75 Å². The zero-order valence-corrected chi connectivity index (χ0v) is 19.1. The molecule has 0 aliphatic carbocycles. The Kier molecular flexibility index (Phi) is 5.74. The van der Waals surface area contributed by atoms with Crippen LogP contribution in [0.4, 0.5) is 10.5 Å². The van der Waals surface area contributed by atoms with Crippen LogP contribution in [-0.4, -0.2) is 23.6 Å². The first-order valence-electron chi connectivity index (χ1n) is 10.2. The number of anilines is 1. The summed E-state index contributed by atoms with van der Waals surface area (Å²) < 4.78 is 11.9. The zero-order chi connectivity index (χ0) is 21.3. The van der Waals surface area contributed by atoms with Crippen LogP contribution >= 0.6 is 15.9 Å². The van der Waals surface area contributed by atoms with Crippen LogP contribution in [0.2, 0.25) is 0 Å². The summed E-state index contributed by atoms with van der Waals surface area (Å²) in [6, 6.07) is 20.3. The van der Waals surface area contributed by atoms with Crippen molar-refractivity contribution in [3.63, 3.8) is 0 Å². The molecule has 0 radical (unpaired) electrons. The van der Waals surface area contributed by atoms with Gasteiger partial charge < -0.3 is 9.47 Å². The first-order chi connectivity index (χ1) is 14.4. The fourth-order valence-corrected chi connectivity index (χ4v) is 4.41. The van der Waals surface area contributed by atoms with E-state index in [0.29, 0.717) is 13.2 Å². The number of nitrogens with zero attached hydrogens (tertiary/aromatic N) is 1. The normalized spacial score (nSPS) is 15.9. The Morgan fingerprint density at radius 2 is 1.73 bits per heavy atom. The summed E-state index contributed by atoms with van der Waals surface area (Å²) >= 11 is 3.64. The molecule has 0 spiro atoms. The smallest absolute Gasteiger partial charge is 0.414 e. The number of benzene rings is 3. The highest BCUT2D eigenvalue weighted by Crippen LogP contribution is 2.46. The average Bonchev–Trinajstić information content (AvgIpc) is 3.10. The molecular formula is C25H26BrNO3. The van der Waals surface area contributed by atoms with Crippen LogP contribution in [-0.2, 0) is 11.3 Å². The van der Waals surface area contributed by atoms with Crippen LogP contribution in [0.15, 0.2) is 60.7 Å². The van der Waals surface area contributed by atoms with Gasteiger partial charge in [0.1, 0.15) is 18.0 Å². The molecule has 1 aliphatic rings. The predicted octanol–water partition coefficient (Wildman–Crippen LogP) is 6.65. The second-order valence-corrected chi connectivity index (χ2v) is 9.22. The van der Waals surface area contributed by atoms with E-state index in [-0.39, 0.29) is 12.0 Å². The maximum Gasteiger partial charge on any atom is 0.414 e. The van der Waals surface area contributed by atoms with Crippen LogP contribution in [0.1, 0.15) is 37.8 Å². The number of carbonyl (C=O) groups excluding carboxylic acids is 1. The fraction of sp³-hybridized carbons (Fsp3) is 0.320. The highest BCUT2D eigenvalue weighted by Gasteiger charge is 2.36. The minimum Gasteiger partial charge on any atom is -0.488 e. The highest BCUT2D eigenvalue weighted by molar-refractivity contribution is 9.09. The average molecular weight is 468 g/mol. The van der Waals surface area contributed by atoms with Crippen molar-refractivity contribution in [2.24, 2.45) is 0 Å². The van der Waals surface area contributed by atoms with Gasteiger partial charge >= 0.3 is 6.09 Å². The molecule has 0 saturated carbocycles. The molecule has 30 heavy (non-hydrogen) atoms. The van der Waals surface area contributed by atoms with E-state index < -0.39 is 5.60 Å². The molecule has 0 bridgehead atoms. The molecule has 4 rings (SSSR count). The Balaban J connectivity index is 1.77. The molecule has 3 aromatic carbocycles. The van der Waals surface area contributed by atoms with E-state index in [1.165, 1.54) is 5.56 Å². The van der Waals surface area contributed by atoms with Gasteiger partial charge in [0, 0.05) is 29.2 Å². The van der Waals surface area contributed by atoms with Gasteiger partial charge in [-0.3, -0.25) is 4.90 Å². The van der Waals surface area contributed by atoms with Crippen molar-refractivity contribution in [1.29, 1.82) is 0 Å².